The molecule has 0 atom stereocenters. The number of hydrogen-bond acceptors (Lipinski definition) is 1. The molecular weight excluding hydrogens is 309 g/mol. The zero-order valence-corrected chi connectivity index (χ0v) is 11.4. The average Bonchev–Trinajstić information content (AvgIpc) is 2.43. The Kier molecular flexibility index (Phi) is 2.95. The summed E-state index contributed by atoms with van der Waals surface area (Å²) in [6.45, 7) is 0. The highest BCUT2D eigenvalue weighted by molar-refractivity contribution is 9.10. The summed E-state index contributed by atoms with van der Waals surface area (Å²) in [6, 6.07) is 13.8. The first-order valence-electron chi connectivity index (χ1n) is 5.73. The second-order valence-corrected chi connectivity index (χ2v) is 5.05. The minimum absolute atomic E-state index is 0.0778. The van der Waals surface area contributed by atoms with Crippen LogP contribution in [0.5, 0.6) is 0 Å². The Morgan fingerprint density at radius 2 is 1.79 bits per heavy atom. The second-order valence-electron chi connectivity index (χ2n) is 4.19. The summed E-state index contributed by atoms with van der Waals surface area (Å²) < 4.78 is 14.4. The second kappa shape index (κ2) is 4.63. The van der Waals surface area contributed by atoms with E-state index in [0.717, 1.165) is 5.56 Å². The maximum absolute atomic E-state index is 13.7. The molecule has 0 fully saturated rings. The monoisotopic (exact) mass is 317 g/mol. The van der Waals surface area contributed by atoms with Crippen LogP contribution in [0.2, 0.25) is 0 Å². The van der Waals surface area contributed by atoms with Crippen LogP contribution < -0.4 is 5.43 Å². The van der Waals surface area contributed by atoms with Gasteiger partial charge in [0.05, 0.1) is 10.9 Å². The number of halogens is 2. The predicted molar refractivity (Wildman–Crippen MR) is 77.7 cm³/mol. The number of rotatable bonds is 1. The Hall–Kier alpha value is -1.94. The molecule has 0 saturated heterocycles. The number of benzene rings is 2. The summed E-state index contributed by atoms with van der Waals surface area (Å²) in [5, 5.41) is 0.0778. The first-order valence-corrected chi connectivity index (χ1v) is 6.52. The summed E-state index contributed by atoms with van der Waals surface area (Å²) in [7, 11) is 0. The fraction of sp³-hybridized carbons (Fsp3) is 0. The van der Waals surface area contributed by atoms with Gasteiger partial charge in [-0.3, -0.25) is 4.79 Å². The van der Waals surface area contributed by atoms with Crippen LogP contribution in [0.1, 0.15) is 0 Å². The lowest BCUT2D eigenvalue weighted by molar-refractivity contribution is 0.638. The third kappa shape index (κ3) is 2.08. The lowest BCUT2D eigenvalue weighted by Crippen LogP contribution is -2.05. The van der Waals surface area contributed by atoms with Crippen molar-refractivity contribution >= 4 is 26.8 Å². The van der Waals surface area contributed by atoms with E-state index >= 15 is 0 Å². The summed E-state index contributed by atoms with van der Waals surface area (Å²) in [5.41, 5.74) is 1.71. The molecule has 19 heavy (non-hydrogen) atoms. The molecule has 2 nitrogen and oxygen atoms in total. The highest BCUT2D eigenvalue weighted by Gasteiger charge is 2.10. The van der Waals surface area contributed by atoms with Gasteiger partial charge in [0.1, 0.15) is 5.82 Å². The van der Waals surface area contributed by atoms with Gasteiger partial charge in [-0.2, -0.15) is 0 Å². The van der Waals surface area contributed by atoms with Gasteiger partial charge < -0.3 is 4.98 Å². The zero-order valence-electron chi connectivity index (χ0n) is 9.78. The molecule has 1 N–H and O–H groups in total. The van der Waals surface area contributed by atoms with E-state index in [1.165, 1.54) is 12.1 Å². The molecule has 0 bridgehead atoms. The van der Waals surface area contributed by atoms with E-state index in [1.807, 2.05) is 30.3 Å². The summed E-state index contributed by atoms with van der Waals surface area (Å²) >= 11 is 3.34. The number of fused-ring (bicyclic) bond motifs is 1. The highest BCUT2D eigenvalue weighted by atomic mass is 79.9. The maximum Gasteiger partial charge on any atom is 0.193 e. The van der Waals surface area contributed by atoms with Crippen molar-refractivity contribution in [3.05, 3.63) is 69.0 Å². The lowest BCUT2D eigenvalue weighted by Gasteiger charge is -2.06. The number of hydrogen-bond donors (Lipinski definition) is 1. The molecule has 2 aromatic carbocycles. The number of pyridine rings is 1. The molecule has 94 valence electrons. The minimum atomic E-state index is -0.515. The van der Waals surface area contributed by atoms with Crippen molar-refractivity contribution in [3.63, 3.8) is 0 Å². The normalized spacial score (nSPS) is 10.8. The van der Waals surface area contributed by atoms with Crippen molar-refractivity contribution in [2.45, 2.75) is 0 Å². The first kappa shape index (κ1) is 12.1. The molecule has 0 aliphatic carbocycles. The third-order valence-corrected chi connectivity index (χ3v) is 3.63. The molecule has 0 aliphatic heterocycles. The minimum Gasteiger partial charge on any atom is -0.353 e. The van der Waals surface area contributed by atoms with E-state index < -0.39 is 5.82 Å². The van der Waals surface area contributed by atoms with Crippen LogP contribution in [-0.4, -0.2) is 4.98 Å². The molecule has 0 radical (unpaired) electrons. The maximum atomic E-state index is 13.7. The van der Waals surface area contributed by atoms with Crippen LogP contribution in [-0.2, 0) is 0 Å². The molecule has 1 heterocycles. The van der Waals surface area contributed by atoms with Crippen LogP contribution in [0.3, 0.4) is 0 Å². The molecule has 4 heteroatoms. The SMILES string of the molecule is O=c1cc(-c2ccccc2)[nH]c2c(Br)ccc(F)c12. The van der Waals surface area contributed by atoms with Gasteiger partial charge >= 0.3 is 0 Å². The van der Waals surface area contributed by atoms with E-state index in [4.69, 9.17) is 0 Å². The van der Waals surface area contributed by atoms with Gasteiger partial charge in [0, 0.05) is 16.2 Å². The molecule has 0 saturated carbocycles. The van der Waals surface area contributed by atoms with Gasteiger partial charge in [0.25, 0.3) is 0 Å². The Bertz CT molecular complexity index is 811. The number of aromatic nitrogens is 1. The van der Waals surface area contributed by atoms with E-state index in [9.17, 15) is 9.18 Å². The number of nitrogens with one attached hydrogen (secondary N) is 1. The van der Waals surface area contributed by atoms with Crippen LogP contribution >= 0.6 is 15.9 Å². The number of aromatic amines is 1. The van der Waals surface area contributed by atoms with Gasteiger partial charge in [-0.1, -0.05) is 30.3 Å². The van der Waals surface area contributed by atoms with Crippen molar-refractivity contribution < 1.29 is 4.39 Å². The van der Waals surface area contributed by atoms with E-state index in [0.29, 0.717) is 15.7 Å². The van der Waals surface area contributed by atoms with E-state index in [2.05, 4.69) is 20.9 Å². The van der Waals surface area contributed by atoms with Gasteiger partial charge in [-0.25, -0.2) is 4.39 Å². The van der Waals surface area contributed by atoms with Gasteiger partial charge in [0.15, 0.2) is 5.43 Å². The molecule has 0 spiro atoms. The van der Waals surface area contributed by atoms with Crippen molar-refractivity contribution in [2.24, 2.45) is 0 Å². The number of H-pyrrole nitrogens is 1. The first-order chi connectivity index (χ1) is 9.16. The molecule has 1 aromatic heterocycles. The predicted octanol–water partition coefficient (Wildman–Crippen LogP) is 4.10. The molecule has 3 rings (SSSR count). The largest absolute Gasteiger partial charge is 0.353 e. The van der Waals surface area contributed by atoms with Gasteiger partial charge in [0.2, 0.25) is 0 Å². The molecule has 3 aromatic rings. The van der Waals surface area contributed by atoms with Gasteiger partial charge in [-0.15, -0.1) is 0 Å². The van der Waals surface area contributed by atoms with Crippen molar-refractivity contribution in [1.29, 1.82) is 0 Å². The topological polar surface area (TPSA) is 32.9 Å². The van der Waals surface area contributed by atoms with Crippen molar-refractivity contribution in [3.8, 4) is 11.3 Å². The van der Waals surface area contributed by atoms with Crippen LogP contribution in [0.4, 0.5) is 4.39 Å². The average molecular weight is 318 g/mol. The van der Waals surface area contributed by atoms with Crippen LogP contribution in [0, 0.1) is 5.82 Å². The van der Waals surface area contributed by atoms with Crippen LogP contribution in [0.15, 0.2) is 57.8 Å². The van der Waals surface area contributed by atoms with E-state index in [1.54, 1.807) is 6.07 Å². The third-order valence-electron chi connectivity index (χ3n) is 2.97. The summed E-state index contributed by atoms with van der Waals surface area (Å²) in [4.78, 5) is 15.2. The molecule has 0 unspecified atom stereocenters. The van der Waals surface area contributed by atoms with Crippen molar-refractivity contribution in [1.82, 2.24) is 4.98 Å². The molecular formula is C15H9BrFNO. The Balaban J connectivity index is 2.38. The van der Waals surface area contributed by atoms with E-state index in [-0.39, 0.29) is 10.8 Å². The van der Waals surface area contributed by atoms with Gasteiger partial charge in [-0.05, 0) is 33.6 Å². The quantitative estimate of drug-likeness (QED) is 0.720. The van der Waals surface area contributed by atoms with Crippen molar-refractivity contribution in [2.75, 3.05) is 0 Å². The molecule has 0 amide bonds. The standard InChI is InChI=1S/C15H9BrFNO/c16-10-6-7-11(17)14-13(19)8-12(18-15(10)14)9-4-2-1-3-5-9/h1-8H,(H,18,19). The zero-order chi connectivity index (χ0) is 13.4. The summed E-state index contributed by atoms with van der Waals surface area (Å²) in [6.07, 6.45) is 0. The smallest absolute Gasteiger partial charge is 0.193 e. The Labute approximate surface area is 117 Å². The summed E-state index contributed by atoms with van der Waals surface area (Å²) in [5.74, 6) is -0.515. The highest BCUT2D eigenvalue weighted by Crippen LogP contribution is 2.25. The fourth-order valence-electron chi connectivity index (χ4n) is 2.06. The van der Waals surface area contributed by atoms with Crippen LogP contribution in [0.25, 0.3) is 22.2 Å². The Morgan fingerprint density at radius 3 is 2.53 bits per heavy atom. The Morgan fingerprint density at radius 1 is 1.05 bits per heavy atom. The molecule has 0 aliphatic rings. The fourth-order valence-corrected chi connectivity index (χ4v) is 2.49. The lowest BCUT2D eigenvalue weighted by atomic mass is 10.1.